The van der Waals surface area contributed by atoms with E-state index in [4.69, 9.17) is 21.1 Å². The quantitative estimate of drug-likeness (QED) is 0.332. The normalized spacial score (nSPS) is 18.6. The SMILES string of the molecule is C=C1CN2CC(=C)CC2(COc2nc(OCC[Si](C)(C)C)c3cnc(Cl)c(F)c3n2)C1. The molecule has 9 heteroatoms. The first-order chi connectivity index (χ1) is 14.6. The van der Waals surface area contributed by atoms with E-state index in [1.807, 2.05) is 0 Å². The van der Waals surface area contributed by atoms with Gasteiger partial charge in [0.1, 0.15) is 12.1 Å². The third-order valence-corrected chi connectivity index (χ3v) is 7.77. The Morgan fingerprint density at radius 1 is 1.16 bits per heavy atom. The number of hydrogen-bond donors (Lipinski definition) is 0. The van der Waals surface area contributed by atoms with Gasteiger partial charge in [-0.15, -0.1) is 0 Å². The maximum Gasteiger partial charge on any atom is 0.320 e. The predicted octanol–water partition coefficient (Wildman–Crippen LogP) is 4.87. The van der Waals surface area contributed by atoms with Gasteiger partial charge < -0.3 is 9.47 Å². The Kier molecular flexibility index (Phi) is 5.83. The molecule has 2 aromatic heterocycles. The van der Waals surface area contributed by atoms with Crippen molar-refractivity contribution in [1.29, 1.82) is 0 Å². The lowest BCUT2D eigenvalue weighted by Gasteiger charge is -2.30. The monoisotopic (exact) mass is 462 g/mol. The van der Waals surface area contributed by atoms with E-state index in [1.165, 1.54) is 17.3 Å². The molecule has 6 nitrogen and oxygen atoms in total. The maximum absolute atomic E-state index is 14.7. The van der Waals surface area contributed by atoms with Crippen molar-refractivity contribution in [2.45, 2.75) is 44.1 Å². The van der Waals surface area contributed by atoms with Gasteiger partial charge >= 0.3 is 6.01 Å². The summed E-state index contributed by atoms with van der Waals surface area (Å²) in [5, 5.41) is 0.141. The summed E-state index contributed by atoms with van der Waals surface area (Å²) in [4.78, 5) is 15.0. The lowest BCUT2D eigenvalue weighted by atomic mass is 9.92. The molecule has 2 saturated heterocycles. The lowest BCUT2D eigenvalue weighted by Crippen LogP contribution is -2.43. The van der Waals surface area contributed by atoms with Crippen LogP contribution in [-0.2, 0) is 0 Å². The smallest absolute Gasteiger partial charge is 0.320 e. The van der Waals surface area contributed by atoms with Crippen molar-refractivity contribution in [2.75, 3.05) is 26.3 Å². The molecule has 0 bridgehead atoms. The Bertz CT molecular complexity index is 1040. The van der Waals surface area contributed by atoms with Crippen LogP contribution in [0.1, 0.15) is 12.8 Å². The number of rotatable bonds is 7. The largest absolute Gasteiger partial charge is 0.477 e. The van der Waals surface area contributed by atoms with E-state index in [1.54, 1.807) is 0 Å². The van der Waals surface area contributed by atoms with Crippen LogP contribution in [0, 0.1) is 5.82 Å². The van der Waals surface area contributed by atoms with E-state index in [-0.39, 0.29) is 28.1 Å². The summed E-state index contributed by atoms with van der Waals surface area (Å²) < 4.78 is 26.7. The number of aromatic nitrogens is 3. The van der Waals surface area contributed by atoms with Crippen LogP contribution in [0.4, 0.5) is 4.39 Å². The Labute approximate surface area is 188 Å². The molecule has 0 unspecified atom stereocenters. The molecular weight excluding hydrogens is 435 g/mol. The highest BCUT2D eigenvalue weighted by Gasteiger charge is 2.48. The zero-order valence-corrected chi connectivity index (χ0v) is 20.1. The molecule has 4 rings (SSSR count). The fourth-order valence-corrected chi connectivity index (χ4v) is 5.12. The first kappa shape index (κ1) is 22.2. The third-order valence-electron chi connectivity index (χ3n) is 5.80. The molecule has 166 valence electrons. The van der Waals surface area contributed by atoms with E-state index in [0.717, 1.165) is 32.0 Å². The Balaban J connectivity index is 1.62. The van der Waals surface area contributed by atoms with Crippen molar-refractivity contribution in [3.63, 3.8) is 0 Å². The van der Waals surface area contributed by atoms with Gasteiger partial charge in [0.2, 0.25) is 5.88 Å². The van der Waals surface area contributed by atoms with Crippen molar-refractivity contribution in [2.24, 2.45) is 0 Å². The van der Waals surface area contributed by atoms with Crippen LogP contribution in [0.5, 0.6) is 11.9 Å². The molecule has 2 fully saturated rings. The second kappa shape index (κ2) is 8.15. The van der Waals surface area contributed by atoms with Crippen LogP contribution in [0.25, 0.3) is 10.9 Å². The second-order valence-corrected chi connectivity index (χ2v) is 15.8. The summed E-state index contributed by atoms with van der Waals surface area (Å²) >= 11 is 5.89. The molecule has 31 heavy (non-hydrogen) atoms. The standard InChI is InChI=1S/C22H28ClFN4O2Si/c1-14-8-22(9-15(2)12-28(22)11-14)13-30-21-26-18-16(10-25-19(23)17(18)24)20(27-21)29-6-7-31(3,4)5/h10H,1-2,6-9,11-13H2,3-5H3. The Morgan fingerprint density at radius 3 is 2.48 bits per heavy atom. The zero-order valence-electron chi connectivity index (χ0n) is 18.3. The lowest BCUT2D eigenvalue weighted by molar-refractivity contribution is 0.107. The van der Waals surface area contributed by atoms with Gasteiger partial charge in [-0.05, 0) is 18.9 Å². The average molecular weight is 463 g/mol. The Morgan fingerprint density at radius 2 is 1.84 bits per heavy atom. The van der Waals surface area contributed by atoms with Crippen molar-refractivity contribution < 1.29 is 13.9 Å². The molecule has 0 N–H and O–H groups in total. The van der Waals surface area contributed by atoms with Gasteiger partial charge in [-0.3, -0.25) is 4.90 Å². The van der Waals surface area contributed by atoms with Crippen LogP contribution < -0.4 is 9.47 Å². The predicted molar refractivity (Wildman–Crippen MR) is 123 cm³/mol. The van der Waals surface area contributed by atoms with E-state index < -0.39 is 13.9 Å². The summed E-state index contributed by atoms with van der Waals surface area (Å²) in [5.74, 6) is -0.438. The molecule has 2 aliphatic rings. The first-order valence-corrected chi connectivity index (χ1v) is 14.5. The topological polar surface area (TPSA) is 60.4 Å². The number of halogens is 2. The zero-order chi connectivity index (χ0) is 22.4. The van der Waals surface area contributed by atoms with Crippen molar-refractivity contribution >= 4 is 30.6 Å². The number of ether oxygens (including phenoxy) is 2. The summed E-state index contributed by atoms with van der Waals surface area (Å²) in [6, 6.07) is 1.02. The van der Waals surface area contributed by atoms with Crippen LogP contribution in [-0.4, -0.2) is 59.8 Å². The third kappa shape index (κ3) is 4.61. The first-order valence-electron chi connectivity index (χ1n) is 10.4. The summed E-state index contributed by atoms with van der Waals surface area (Å²) in [6.45, 7) is 17.6. The number of pyridine rings is 1. The van der Waals surface area contributed by atoms with Crippen molar-refractivity contribution in [3.05, 3.63) is 41.5 Å². The molecule has 0 radical (unpaired) electrons. The van der Waals surface area contributed by atoms with Crippen LogP contribution in [0.3, 0.4) is 0 Å². The highest BCUT2D eigenvalue weighted by Crippen LogP contribution is 2.42. The van der Waals surface area contributed by atoms with Crippen LogP contribution in [0.2, 0.25) is 30.8 Å². The molecule has 0 aliphatic carbocycles. The van der Waals surface area contributed by atoms with Gasteiger partial charge in [0, 0.05) is 27.4 Å². The van der Waals surface area contributed by atoms with Gasteiger partial charge in [-0.25, -0.2) is 9.37 Å². The number of fused-ring (bicyclic) bond motifs is 2. The minimum Gasteiger partial charge on any atom is -0.477 e. The van der Waals surface area contributed by atoms with Gasteiger partial charge in [-0.2, -0.15) is 9.97 Å². The van der Waals surface area contributed by atoms with Crippen molar-refractivity contribution in [1.82, 2.24) is 19.9 Å². The van der Waals surface area contributed by atoms with E-state index in [2.05, 4.69) is 52.7 Å². The van der Waals surface area contributed by atoms with E-state index >= 15 is 0 Å². The van der Waals surface area contributed by atoms with Gasteiger partial charge in [-0.1, -0.05) is 55.5 Å². The van der Waals surface area contributed by atoms with Gasteiger partial charge in [0.25, 0.3) is 0 Å². The van der Waals surface area contributed by atoms with Gasteiger partial charge in [0.15, 0.2) is 11.0 Å². The summed E-state index contributed by atoms with van der Waals surface area (Å²) in [6.07, 6.45) is 3.11. The number of nitrogens with zero attached hydrogens (tertiary/aromatic N) is 4. The van der Waals surface area contributed by atoms with Crippen LogP contribution >= 0.6 is 11.6 Å². The molecule has 0 saturated carbocycles. The molecule has 0 atom stereocenters. The second-order valence-electron chi connectivity index (χ2n) is 9.82. The maximum atomic E-state index is 14.7. The Hall–Kier alpha value is -2.03. The van der Waals surface area contributed by atoms with Crippen LogP contribution in [0.15, 0.2) is 30.5 Å². The van der Waals surface area contributed by atoms with Gasteiger partial charge in [0.05, 0.1) is 17.5 Å². The summed E-state index contributed by atoms with van der Waals surface area (Å²) in [5.41, 5.74) is 2.21. The van der Waals surface area contributed by atoms with E-state index in [0.29, 0.717) is 18.6 Å². The summed E-state index contributed by atoms with van der Waals surface area (Å²) in [7, 11) is -1.31. The molecule has 2 aliphatic heterocycles. The van der Waals surface area contributed by atoms with E-state index in [9.17, 15) is 4.39 Å². The minimum absolute atomic E-state index is 0.0500. The molecule has 2 aromatic rings. The minimum atomic E-state index is -1.31. The number of hydrogen-bond acceptors (Lipinski definition) is 6. The fourth-order valence-electron chi connectivity index (χ4n) is 4.27. The fraction of sp³-hybridized carbons (Fsp3) is 0.500. The highest BCUT2D eigenvalue weighted by molar-refractivity contribution is 6.76. The molecule has 0 spiro atoms. The molecule has 4 heterocycles. The average Bonchev–Trinajstić information content (AvgIpc) is 3.12. The highest BCUT2D eigenvalue weighted by atomic mass is 35.5. The molecule has 0 aromatic carbocycles. The molecule has 0 amide bonds. The molecular formula is C22H28ClFN4O2Si. The van der Waals surface area contributed by atoms with Crippen molar-refractivity contribution in [3.8, 4) is 11.9 Å².